The first-order valence-electron chi connectivity index (χ1n) is 4.51. The fraction of sp³-hybridized carbons (Fsp3) is 0.333. The van der Waals surface area contributed by atoms with Crippen molar-refractivity contribution in [1.82, 2.24) is 4.90 Å². The summed E-state index contributed by atoms with van der Waals surface area (Å²) in [5.41, 5.74) is 5.30. The van der Waals surface area contributed by atoms with E-state index < -0.39 is 0 Å². The Morgan fingerprint density at radius 2 is 2.38 bits per heavy atom. The lowest BCUT2D eigenvalue weighted by Crippen LogP contribution is -2.30. The zero-order chi connectivity index (χ0) is 12.1. The van der Waals surface area contributed by atoms with Crippen LogP contribution < -0.4 is 5.73 Å². The number of halogens is 1. The van der Waals surface area contributed by atoms with Gasteiger partial charge >= 0.3 is 0 Å². The third-order valence-corrected chi connectivity index (χ3v) is 2.39. The molecule has 0 bridgehead atoms. The fourth-order valence-corrected chi connectivity index (χ4v) is 1.36. The molecule has 0 saturated carbocycles. The molecule has 0 aliphatic carbocycles. The summed E-state index contributed by atoms with van der Waals surface area (Å²) in [6, 6.07) is 3.22. The van der Waals surface area contributed by atoms with E-state index in [-0.39, 0.29) is 17.5 Å². The highest BCUT2D eigenvalue weighted by Crippen LogP contribution is 2.15. The van der Waals surface area contributed by atoms with Gasteiger partial charge in [-0.1, -0.05) is 5.16 Å². The quantitative estimate of drug-likeness (QED) is 0.378. The summed E-state index contributed by atoms with van der Waals surface area (Å²) in [5, 5.41) is 11.2. The molecular formula is C9H12BrN3O3. The minimum atomic E-state index is -0.253. The van der Waals surface area contributed by atoms with Gasteiger partial charge in [0.05, 0.1) is 0 Å². The van der Waals surface area contributed by atoms with E-state index in [0.29, 0.717) is 17.6 Å². The molecule has 0 aliphatic rings. The molecule has 16 heavy (non-hydrogen) atoms. The number of rotatable bonds is 4. The molecule has 0 saturated heterocycles. The van der Waals surface area contributed by atoms with Crippen LogP contribution in [0.3, 0.4) is 0 Å². The van der Waals surface area contributed by atoms with Gasteiger partial charge in [-0.3, -0.25) is 4.79 Å². The van der Waals surface area contributed by atoms with E-state index in [2.05, 4.69) is 21.1 Å². The van der Waals surface area contributed by atoms with E-state index in [0.717, 1.165) is 0 Å². The highest BCUT2D eigenvalue weighted by molar-refractivity contribution is 9.10. The van der Waals surface area contributed by atoms with Gasteiger partial charge in [-0.15, -0.1) is 0 Å². The van der Waals surface area contributed by atoms with E-state index in [1.54, 1.807) is 19.2 Å². The van der Waals surface area contributed by atoms with Gasteiger partial charge in [0, 0.05) is 20.0 Å². The number of carbonyl (C=O) groups is 1. The third-order valence-electron chi connectivity index (χ3n) is 1.96. The Hall–Kier alpha value is -1.50. The van der Waals surface area contributed by atoms with Crippen LogP contribution in [-0.2, 0) is 0 Å². The van der Waals surface area contributed by atoms with Crippen LogP contribution in [0, 0.1) is 0 Å². The first-order valence-corrected chi connectivity index (χ1v) is 5.31. The average molecular weight is 290 g/mol. The van der Waals surface area contributed by atoms with Crippen LogP contribution in [0.4, 0.5) is 0 Å². The smallest absolute Gasteiger partial charge is 0.289 e. The summed E-state index contributed by atoms with van der Waals surface area (Å²) >= 11 is 3.11. The van der Waals surface area contributed by atoms with Crippen molar-refractivity contribution in [3.8, 4) is 0 Å². The Morgan fingerprint density at radius 1 is 1.69 bits per heavy atom. The normalized spacial score (nSPS) is 11.5. The lowest BCUT2D eigenvalue weighted by atomic mass is 10.3. The maximum atomic E-state index is 11.7. The van der Waals surface area contributed by atoms with Crippen LogP contribution in [0.15, 0.2) is 26.4 Å². The summed E-state index contributed by atoms with van der Waals surface area (Å²) in [6.07, 6.45) is 0.306. The summed E-state index contributed by atoms with van der Waals surface area (Å²) in [5.74, 6) is 0.0746. The summed E-state index contributed by atoms with van der Waals surface area (Å²) in [6.45, 7) is 0.354. The number of furan rings is 1. The second-order valence-corrected chi connectivity index (χ2v) is 3.95. The molecule has 6 nitrogen and oxygen atoms in total. The number of carbonyl (C=O) groups excluding carboxylic acids is 1. The Bertz CT molecular complexity index is 402. The molecule has 1 amide bonds. The number of nitrogens with two attached hydrogens (primary N) is 1. The van der Waals surface area contributed by atoms with Crippen molar-refractivity contribution in [2.24, 2.45) is 10.9 Å². The highest BCUT2D eigenvalue weighted by Gasteiger charge is 2.15. The van der Waals surface area contributed by atoms with E-state index in [9.17, 15) is 4.79 Å². The molecule has 7 heteroatoms. The maximum absolute atomic E-state index is 11.7. The van der Waals surface area contributed by atoms with Crippen molar-refractivity contribution in [3.63, 3.8) is 0 Å². The van der Waals surface area contributed by atoms with E-state index in [1.807, 2.05) is 0 Å². The SMILES string of the molecule is CN(CC/C(N)=N/O)C(=O)c1ccc(Br)o1. The van der Waals surface area contributed by atoms with Crippen LogP contribution in [0.2, 0.25) is 0 Å². The van der Waals surface area contributed by atoms with Crippen LogP contribution in [0.1, 0.15) is 17.0 Å². The van der Waals surface area contributed by atoms with Gasteiger partial charge in [0.1, 0.15) is 5.84 Å². The minimum Gasteiger partial charge on any atom is -0.444 e. The summed E-state index contributed by atoms with van der Waals surface area (Å²) in [7, 11) is 1.61. The number of nitrogens with zero attached hydrogens (tertiary/aromatic N) is 2. The van der Waals surface area contributed by atoms with Crippen molar-refractivity contribution in [1.29, 1.82) is 0 Å². The van der Waals surface area contributed by atoms with Crippen molar-refractivity contribution in [3.05, 3.63) is 22.6 Å². The molecule has 0 atom stereocenters. The fourth-order valence-electron chi connectivity index (χ4n) is 1.05. The van der Waals surface area contributed by atoms with Gasteiger partial charge in [0.15, 0.2) is 10.4 Å². The molecule has 3 N–H and O–H groups in total. The third kappa shape index (κ3) is 3.27. The summed E-state index contributed by atoms with van der Waals surface area (Å²) < 4.78 is 5.61. The second kappa shape index (κ2) is 5.55. The van der Waals surface area contributed by atoms with Gasteiger partial charge in [0.2, 0.25) is 0 Å². The molecule has 1 aromatic rings. The minimum absolute atomic E-state index is 0.0836. The van der Waals surface area contributed by atoms with E-state index in [4.69, 9.17) is 15.4 Å². The first kappa shape index (κ1) is 12.6. The van der Waals surface area contributed by atoms with Gasteiger partial charge in [0.25, 0.3) is 5.91 Å². The highest BCUT2D eigenvalue weighted by atomic mass is 79.9. The second-order valence-electron chi connectivity index (χ2n) is 3.17. The molecule has 0 aliphatic heterocycles. The molecular weight excluding hydrogens is 278 g/mol. The van der Waals surface area contributed by atoms with Gasteiger partial charge in [-0.25, -0.2) is 0 Å². The lowest BCUT2D eigenvalue weighted by Gasteiger charge is -2.14. The van der Waals surface area contributed by atoms with E-state index in [1.165, 1.54) is 4.90 Å². The Morgan fingerprint density at radius 3 is 2.88 bits per heavy atom. The zero-order valence-corrected chi connectivity index (χ0v) is 10.3. The molecule has 1 rings (SSSR count). The standard InChI is InChI=1S/C9H12BrN3O3/c1-13(5-4-8(11)12-15)9(14)6-2-3-7(10)16-6/h2-3,15H,4-5H2,1H3,(H2,11,12). The predicted molar refractivity (Wildman–Crippen MR) is 61.4 cm³/mol. The molecule has 0 unspecified atom stereocenters. The van der Waals surface area contributed by atoms with Gasteiger partial charge < -0.3 is 20.3 Å². The van der Waals surface area contributed by atoms with Crippen LogP contribution in [-0.4, -0.2) is 35.4 Å². The van der Waals surface area contributed by atoms with Crippen LogP contribution >= 0.6 is 15.9 Å². The number of amides is 1. The van der Waals surface area contributed by atoms with Crippen molar-refractivity contribution in [2.45, 2.75) is 6.42 Å². The number of amidine groups is 1. The molecule has 0 aromatic carbocycles. The average Bonchev–Trinajstić information content (AvgIpc) is 2.71. The zero-order valence-electron chi connectivity index (χ0n) is 8.68. The van der Waals surface area contributed by atoms with Gasteiger partial charge in [-0.05, 0) is 28.1 Å². The van der Waals surface area contributed by atoms with E-state index >= 15 is 0 Å². The number of oxime groups is 1. The first-order chi connectivity index (χ1) is 7.54. The Kier molecular flexibility index (Phi) is 4.36. The Balaban J connectivity index is 2.54. The van der Waals surface area contributed by atoms with Crippen LogP contribution in [0.25, 0.3) is 0 Å². The van der Waals surface area contributed by atoms with Gasteiger partial charge in [-0.2, -0.15) is 0 Å². The monoisotopic (exact) mass is 289 g/mol. The predicted octanol–water partition coefficient (Wildman–Crippen LogP) is 1.25. The molecule has 1 aromatic heterocycles. The molecule has 88 valence electrons. The topological polar surface area (TPSA) is 92.1 Å². The molecule has 0 spiro atoms. The molecule has 1 heterocycles. The lowest BCUT2D eigenvalue weighted by molar-refractivity contribution is 0.0765. The molecule has 0 fully saturated rings. The number of hydrogen-bond donors (Lipinski definition) is 2. The number of hydrogen-bond acceptors (Lipinski definition) is 4. The van der Waals surface area contributed by atoms with Crippen molar-refractivity contribution >= 4 is 27.7 Å². The van der Waals surface area contributed by atoms with Crippen molar-refractivity contribution < 1.29 is 14.4 Å². The van der Waals surface area contributed by atoms with Crippen molar-refractivity contribution in [2.75, 3.05) is 13.6 Å². The van der Waals surface area contributed by atoms with Crippen LogP contribution in [0.5, 0.6) is 0 Å². The largest absolute Gasteiger partial charge is 0.444 e. The summed E-state index contributed by atoms with van der Waals surface area (Å²) in [4.78, 5) is 13.2. The Labute approximate surface area is 101 Å². The maximum Gasteiger partial charge on any atom is 0.289 e. The molecule has 0 radical (unpaired) electrons.